The highest BCUT2D eigenvalue weighted by Crippen LogP contribution is 2.44. The molecule has 0 aliphatic heterocycles. The summed E-state index contributed by atoms with van der Waals surface area (Å²) in [5.74, 6) is -3.41. The number of aromatic hydroxyl groups is 1. The summed E-state index contributed by atoms with van der Waals surface area (Å²) in [5, 5.41) is 8.93. The van der Waals surface area contributed by atoms with Crippen molar-refractivity contribution >= 4 is 0 Å². The first-order chi connectivity index (χ1) is 8.06. The highest BCUT2D eigenvalue weighted by molar-refractivity contribution is 5.48. The van der Waals surface area contributed by atoms with Gasteiger partial charge in [0.05, 0.1) is 11.9 Å². The Morgan fingerprint density at radius 3 is 2.11 bits per heavy atom. The number of hydrogen-bond acceptors (Lipinski definition) is 3. The van der Waals surface area contributed by atoms with Crippen LogP contribution in [-0.4, -0.2) is 16.5 Å². The molecular weight excluding hydrogens is 275 g/mol. The summed E-state index contributed by atoms with van der Waals surface area (Å²) in [7, 11) is 0. The summed E-state index contributed by atoms with van der Waals surface area (Å²) in [4.78, 5) is 2.86. The van der Waals surface area contributed by atoms with Gasteiger partial charge < -0.3 is 9.84 Å². The van der Waals surface area contributed by atoms with Gasteiger partial charge in [-0.05, 0) is 0 Å². The minimum Gasteiger partial charge on any atom is -0.503 e. The van der Waals surface area contributed by atoms with E-state index in [1.165, 1.54) is 0 Å². The molecule has 1 aromatic heterocycles. The third-order valence-electron chi connectivity index (χ3n) is 1.72. The predicted octanol–water partition coefficient (Wildman–Crippen LogP) is 3.17. The molecule has 0 fully saturated rings. The van der Waals surface area contributed by atoms with Gasteiger partial charge in [0.15, 0.2) is 11.5 Å². The largest absolute Gasteiger partial charge is 0.573 e. The van der Waals surface area contributed by atoms with Gasteiger partial charge in [-0.15, -0.1) is 13.2 Å². The highest BCUT2D eigenvalue weighted by Gasteiger charge is 2.43. The van der Waals surface area contributed by atoms with Crippen LogP contribution in [-0.2, 0) is 12.9 Å². The monoisotopic (exact) mass is 279 g/mol. The topological polar surface area (TPSA) is 42.4 Å². The summed E-state index contributed by atoms with van der Waals surface area (Å²) in [5.41, 5.74) is -3.40. The maximum absolute atomic E-state index is 12.5. The van der Waals surface area contributed by atoms with Crippen molar-refractivity contribution in [3.05, 3.63) is 17.5 Å². The van der Waals surface area contributed by atoms with Crippen molar-refractivity contribution in [2.24, 2.45) is 0 Å². The highest BCUT2D eigenvalue weighted by atomic mass is 19.4. The minimum absolute atomic E-state index is 0.241. The molecule has 1 rings (SSSR count). The first kappa shape index (κ1) is 14.3. The Hall–Kier alpha value is -1.74. The Morgan fingerprint density at radius 2 is 1.72 bits per heavy atom. The van der Waals surface area contributed by atoms with E-state index in [1.54, 1.807) is 0 Å². The van der Waals surface area contributed by atoms with Crippen molar-refractivity contribution in [3.8, 4) is 11.5 Å². The second-order valence-corrected chi connectivity index (χ2v) is 2.97. The van der Waals surface area contributed by atoms with Crippen LogP contribution in [0.15, 0.2) is 6.20 Å². The van der Waals surface area contributed by atoms with E-state index in [4.69, 9.17) is 5.11 Å². The Balaban J connectivity index is 3.46. The lowest BCUT2D eigenvalue weighted by Gasteiger charge is -2.17. The smallest absolute Gasteiger partial charge is 0.503 e. The number of nitrogens with zero attached hydrogens (tertiary/aromatic N) is 1. The summed E-state index contributed by atoms with van der Waals surface area (Å²) in [6.07, 6.45) is -10.6. The molecule has 3 nitrogen and oxygen atoms in total. The van der Waals surface area contributed by atoms with Gasteiger partial charge in [-0.3, -0.25) is 4.98 Å². The molecule has 0 unspecified atom stereocenters. The molecule has 18 heavy (non-hydrogen) atoms. The fraction of sp³-hybridized carbons (Fsp3) is 0.375. The Bertz CT molecular complexity index is 440. The van der Waals surface area contributed by atoms with Crippen molar-refractivity contribution in [1.82, 2.24) is 4.98 Å². The number of ether oxygens (including phenoxy) is 1. The summed E-state index contributed by atoms with van der Waals surface area (Å²) in [6.45, 7) is -1.76. The first-order valence-electron chi connectivity index (χ1n) is 4.16. The summed E-state index contributed by atoms with van der Waals surface area (Å²) < 4.78 is 88.5. The van der Waals surface area contributed by atoms with Gasteiger partial charge >= 0.3 is 12.5 Å². The average molecular weight is 279 g/mol. The third kappa shape index (κ3) is 3.14. The molecule has 0 atom stereocenters. The quantitative estimate of drug-likeness (QED) is 0.845. The molecule has 0 aliphatic rings. The number of pyridine rings is 1. The molecule has 1 aromatic rings. The normalized spacial score (nSPS) is 12.6. The zero-order chi connectivity index (χ0) is 14.1. The first-order valence-corrected chi connectivity index (χ1v) is 4.16. The van der Waals surface area contributed by atoms with Crippen LogP contribution in [0, 0.1) is 0 Å². The van der Waals surface area contributed by atoms with Crippen LogP contribution in [0.5, 0.6) is 11.5 Å². The molecule has 0 saturated carbocycles. The second kappa shape index (κ2) is 4.50. The van der Waals surface area contributed by atoms with Gasteiger partial charge in [0, 0.05) is 0 Å². The molecule has 0 aliphatic carbocycles. The lowest BCUT2D eigenvalue weighted by atomic mass is 10.1. The fourth-order valence-electron chi connectivity index (χ4n) is 1.13. The molecule has 1 heterocycles. The van der Waals surface area contributed by atoms with Gasteiger partial charge in [-0.25, -0.2) is 4.39 Å². The van der Waals surface area contributed by atoms with Crippen LogP contribution < -0.4 is 4.74 Å². The van der Waals surface area contributed by atoms with E-state index in [2.05, 4.69) is 9.72 Å². The van der Waals surface area contributed by atoms with Crippen molar-refractivity contribution in [3.63, 3.8) is 0 Å². The number of hydrogen-bond donors (Lipinski definition) is 1. The number of rotatable bonds is 2. The van der Waals surface area contributed by atoms with Crippen LogP contribution in [0.1, 0.15) is 11.3 Å². The lowest BCUT2D eigenvalue weighted by molar-refractivity contribution is -0.276. The van der Waals surface area contributed by atoms with Crippen LogP contribution >= 0.6 is 0 Å². The Kier molecular flexibility index (Phi) is 3.58. The number of halogens is 7. The lowest BCUT2D eigenvalue weighted by Crippen LogP contribution is -2.21. The van der Waals surface area contributed by atoms with Crippen molar-refractivity contribution in [2.45, 2.75) is 19.2 Å². The van der Waals surface area contributed by atoms with Gasteiger partial charge in [0.25, 0.3) is 0 Å². The zero-order valence-corrected chi connectivity index (χ0v) is 8.23. The van der Waals surface area contributed by atoms with Crippen LogP contribution in [0.3, 0.4) is 0 Å². The molecule has 0 aromatic carbocycles. The Labute approximate surface area is 94.8 Å². The summed E-state index contributed by atoms with van der Waals surface area (Å²) in [6, 6.07) is 0. The minimum atomic E-state index is -5.47. The van der Waals surface area contributed by atoms with Crippen LogP contribution in [0.2, 0.25) is 0 Å². The van der Waals surface area contributed by atoms with E-state index < -0.39 is 42.0 Å². The molecule has 1 N–H and O–H groups in total. The van der Waals surface area contributed by atoms with Crippen molar-refractivity contribution in [1.29, 1.82) is 0 Å². The standard InChI is InChI=1S/C8H4F7NO2/c9-1-3-5(7(10,11)12)6(4(17)2-16-3)18-8(13,14)15/h2,17H,1H2. The predicted molar refractivity (Wildman–Crippen MR) is 42.4 cm³/mol. The van der Waals surface area contributed by atoms with Crippen LogP contribution in [0.4, 0.5) is 30.7 Å². The van der Waals surface area contributed by atoms with Crippen LogP contribution in [0.25, 0.3) is 0 Å². The SMILES string of the molecule is Oc1cnc(CF)c(C(F)(F)F)c1OC(F)(F)F. The molecule has 0 radical (unpaired) electrons. The zero-order valence-electron chi connectivity index (χ0n) is 8.23. The third-order valence-corrected chi connectivity index (χ3v) is 1.72. The summed E-state index contributed by atoms with van der Waals surface area (Å²) >= 11 is 0. The van der Waals surface area contributed by atoms with Crippen molar-refractivity contribution < 1.29 is 40.6 Å². The van der Waals surface area contributed by atoms with Gasteiger partial charge in [0.2, 0.25) is 0 Å². The van der Waals surface area contributed by atoms with Gasteiger partial charge in [-0.1, -0.05) is 0 Å². The molecule has 0 amide bonds. The molecule has 10 heteroatoms. The van der Waals surface area contributed by atoms with E-state index in [9.17, 15) is 30.7 Å². The molecule has 0 bridgehead atoms. The molecule has 0 spiro atoms. The second-order valence-electron chi connectivity index (χ2n) is 2.97. The van der Waals surface area contributed by atoms with Gasteiger partial charge in [-0.2, -0.15) is 13.2 Å². The van der Waals surface area contributed by atoms with E-state index >= 15 is 0 Å². The number of alkyl halides is 7. The van der Waals surface area contributed by atoms with E-state index in [1.807, 2.05) is 0 Å². The van der Waals surface area contributed by atoms with Gasteiger partial charge in [0.1, 0.15) is 12.2 Å². The Morgan fingerprint density at radius 1 is 1.17 bits per heavy atom. The average Bonchev–Trinajstić information content (AvgIpc) is 2.17. The maximum Gasteiger partial charge on any atom is 0.573 e. The van der Waals surface area contributed by atoms with E-state index in [0.29, 0.717) is 0 Å². The van der Waals surface area contributed by atoms with E-state index in [-0.39, 0.29) is 6.20 Å². The van der Waals surface area contributed by atoms with Crippen molar-refractivity contribution in [2.75, 3.05) is 0 Å². The molecular formula is C8H4F7NO2. The molecule has 0 saturated heterocycles. The number of aromatic nitrogens is 1. The molecule has 102 valence electrons. The fourth-order valence-corrected chi connectivity index (χ4v) is 1.13. The maximum atomic E-state index is 12.5. The van der Waals surface area contributed by atoms with E-state index in [0.717, 1.165) is 0 Å².